The molecule has 7 rings (SSSR count). The Morgan fingerprint density at radius 3 is 2.52 bits per heavy atom. The highest BCUT2D eigenvalue weighted by Gasteiger charge is 2.53. The minimum Gasteiger partial charge on any atom is -0.485 e. The number of rotatable bonds is 5. The van der Waals surface area contributed by atoms with Crippen molar-refractivity contribution in [1.82, 2.24) is 24.5 Å². The maximum atomic E-state index is 13.3. The Morgan fingerprint density at radius 2 is 1.77 bits per heavy atom. The minimum absolute atomic E-state index is 0.0418. The van der Waals surface area contributed by atoms with Crippen LogP contribution in [0.4, 0.5) is 5.69 Å². The second-order valence-electron chi connectivity index (χ2n) is 12.4. The van der Waals surface area contributed by atoms with Gasteiger partial charge in [0.1, 0.15) is 11.9 Å². The molecule has 0 N–H and O–H groups in total. The van der Waals surface area contributed by atoms with Gasteiger partial charge in [-0.1, -0.05) is 12.1 Å². The standard InChI is InChI=1S/C31H40N6O3/c1-20-28(21(2)37-30(32-20)33-22(3)34-37)40-27-12-15-35(18-27)26-10-8-24(9-11-26)23-4-6-25(7-5-23)29(38)36-16-17-39-19-31(36)13-14-31/h8-11,23,25,27H,4-7,12-19H2,1-3H3/t23?,25?,27-/m1/s1. The van der Waals surface area contributed by atoms with E-state index in [1.54, 1.807) is 4.52 Å². The van der Waals surface area contributed by atoms with Crippen LogP contribution in [0.2, 0.25) is 0 Å². The Bertz CT molecular complexity index is 1410. The highest BCUT2D eigenvalue weighted by Crippen LogP contribution is 2.46. The van der Waals surface area contributed by atoms with Gasteiger partial charge in [0.05, 0.1) is 36.7 Å². The zero-order valence-corrected chi connectivity index (χ0v) is 23.9. The number of benzene rings is 1. The largest absolute Gasteiger partial charge is 0.485 e. The van der Waals surface area contributed by atoms with Crippen LogP contribution in [0.25, 0.3) is 5.78 Å². The monoisotopic (exact) mass is 544 g/mol. The molecule has 2 aliphatic heterocycles. The molecule has 2 aliphatic carbocycles. The molecule has 0 radical (unpaired) electrons. The van der Waals surface area contributed by atoms with Crippen LogP contribution in [-0.2, 0) is 9.53 Å². The molecule has 0 unspecified atom stereocenters. The molecule has 40 heavy (non-hydrogen) atoms. The van der Waals surface area contributed by atoms with Gasteiger partial charge in [0, 0.05) is 31.1 Å². The van der Waals surface area contributed by atoms with Gasteiger partial charge >= 0.3 is 0 Å². The molecule has 2 saturated carbocycles. The summed E-state index contributed by atoms with van der Waals surface area (Å²) < 4.78 is 13.9. The molecule has 9 nitrogen and oxygen atoms in total. The number of aromatic nitrogens is 4. The number of amides is 1. The van der Waals surface area contributed by atoms with Gasteiger partial charge in [0.15, 0.2) is 5.75 Å². The van der Waals surface area contributed by atoms with Crippen LogP contribution < -0.4 is 9.64 Å². The molecule has 9 heteroatoms. The van der Waals surface area contributed by atoms with Gasteiger partial charge in [-0.25, -0.2) is 4.98 Å². The highest BCUT2D eigenvalue weighted by atomic mass is 16.5. The predicted octanol–water partition coefficient (Wildman–Crippen LogP) is 4.37. The van der Waals surface area contributed by atoms with Crippen molar-refractivity contribution in [3.63, 3.8) is 0 Å². The zero-order valence-electron chi connectivity index (χ0n) is 23.9. The number of aryl methyl sites for hydroxylation is 3. The molecule has 1 atom stereocenters. The normalized spacial score (nSPS) is 26.0. The van der Waals surface area contributed by atoms with E-state index in [1.165, 1.54) is 11.3 Å². The van der Waals surface area contributed by atoms with Crippen molar-refractivity contribution in [3.8, 4) is 5.75 Å². The van der Waals surface area contributed by atoms with Crippen molar-refractivity contribution < 1.29 is 14.3 Å². The number of carbonyl (C=O) groups is 1. The van der Waals surface area contributed by atoms with Crippen LogP contribution in [0, 0.1) is 26.7 Å². The first-order valence-corrected chi connectivity index (χ1v) is 15.0. The highest BCUT2D eigenvalue weighted by molar-refractivity contribution is 5.80. The lowest BCUT2D eigenvalue weighted by molar-refractivity contribution is -0.147. The van der Waals surface area contributed by atoms with Crippen molar-refractivity contribution in [1.29, 1.82) is 0 Å². The van der Waals surface area contributed by atoms with Gasteiger partial charge in [0.2, 0.25) is 5.91 Å². The van der Waals surface area contributed by atoms with Crippen molar-refractivity contribution in [2.24, 2.45) is 5.92 Å². The smallest absolute Gasteiger partial charge is 0.253 e. The fraction of sp³-hybridized carbons (Fsp3) is 0.613. The molecule has 2 saturated heterocycles. The lowest BCUT2D eigenvalue weighted by Gasteiger charge is -2.39. The SMILES string of the molecule is Cc1nc2nc(C)c(O[C@@H]3CCN(c4ccc(C5CCC(C(=O)N6CCOCC67CC7)CC5)cc4)C3)c(C)n2n1. The van der Waals surface area contributed by atoms with Crippen molar-refractivity contribution in [2.45, 2.75) is 83.3 Å². The minimum atomic E-state index is 0.0418. The maximum Gasteiger partial charge on any atom is 0.253 e. The lowest BCUT2D eigenvalue weighted by Crippen LogP contribution is -2.52. The summed E-state index contributed by atoms with van der Waals surface area (Å²) in [4.78, 5) is 26.9. The Hall–Kier alpha value is -3.20. The van der Waals surface area contributed by atoms with Gasteiger partial charge in [-0.3, -0.25) is 4.79 Å². The first-order chi connectivity index (χ1) is 19.4. The molecular formula is C31H40N6O3. The average molecular weight is 545 g/mol. The number of fused-ring (bicyclic) bond motifs is 1. The van der Waals surface area contributed by atoms with Gasteiger partial charge in [-0.05, 0) is 82.9 Å². The van der Waals surface area contributed by atoms with Gasteiger partial charge < -0.3 is 19.3 Å². The molecule has 2 aromatic heterocycles. The molecule has 1 spiro atoms. The van der Waals surface area contributed by atoms with Gasteiger partial charge in [-0.2, -0.15) is 9.50 Å². The van der Waals surface area contributed by atoms with Crippen LogP contribution >= 0.6 is 0 Å². The van der Waals surface area contributed by atoms with E-state index in [-0.39, 0.29) is 17.6 Å². The third-order valence-corrected chi connectivity index (χ3v) is 9.67. The maximum absolute atomic E-state index is 13.3. The summed E-state index contributed by atoms with van der Waals surface area (Å²) in [6, 6.07) is 9.14. The van der Waals surface area contributed by atoms with Crippen LogP contribution in [0.15, 0.2) is 24.3 Å². The summed E-state index contributed by atoms with van der Waals surface area (Å²) >= 11 is 0. The van der Waals surface area contributed by atoms with E-state index in [1.807, 2.05) is 20.8 Å². The van der Waals surface area contributed by atoms with E-state index in [9.17, 15) is 4.79 Å². The third-order valence-electron chi connectivity index (χ3n) is 9.67. The van der Waals surface area contributed by atoms with Crippen molar-refractivity contribution in [3.05, 3.63) is 47.0 Å². The first kappa shape index (κ1) is 25.7. The molecule has 1 aromatic carbocycles. The second-order valence-corrected chi connectivity index (χ2v) is 12.4. The molecule has 0 bridgehead atoms. The van der Waals surface area contributed by atoms with Gasteiger partial charge in [0.25, 0.3) is 5.78 Å². The number of nitrogens with zero attached hydrogens (tertiary/aromatic N) is 6. The van der Waals surface area contributed by atoms with Crippen molar-refractivity contribution >= 4 is 17.4 Å². The van der Waals surface area contributed by atoms with Crippen molar-refractivity contribution in [2.75, 3.05) is 37.7 Å². The molecule has 212 valence electrons. The quantitative estimate of drug-likeness (QED) is 0.472. The van der Waals surface area contributed by atoms with Gasteiger partial charge in [-0.15, -0.1) is 5.10 Å². The summed E-state index contributed by atoms with van der Waals surface area (Å²) in [5.74, 6) is 3.26. The summed E-state index contributed by atoms with van der Waals surface area (Å²) in [6.07, 6.45) is 7.48. The molecule has 3 aromatic rings. The number of hydrogen-bond acceptors (Lipinski definition) is 7. The average Bonchev–Trinajstić information content (AvgIpc) is 3.38. The van der Waals surface area contributed by atoms with Crippen LogP contribution in [0.5, 0.6) is 5.75 Å². The Balaban J connectivity index is 0.946. The van der Waals surface area contributed by atoms with E-state index in [0.717, 1.165) is 88.3 Å². The molecule has 4 fully saturated rings. The van der Waals surface area contributed by atoms with E-state index in [4.69, 9.17) is 9.47 Å². The summed E-state index contributed by atoms with van der Waals surface area (Å²) in [5.41, 5.74) is 4.49. The predicted molar refractivity (Wildman–Crippen MR) is 152 cm³/mol. The Morgan fingerprint density at radius 1 is 1.00 bits per heavy atom. The van der Waals surface area contributed by atoms with E-state index >= 15 is 0 Å². The third kappa shape index (κ3) is 4.62. The molecular weight excluding hydrogens is 504 g/mol. The number of carbonyl (C=O) groups excluding carboxylic acids is 1. The summed E-state index contributed by atoms with van der Waals surface area (Å²) in [5, 5.41) is 4.47. The fourth-order valence-electron chi connectivity index (χ4n) is 7.14. The topological polar surface area (TPSA) is 85.1 Å². The first-order valence-electron chi connectivity index (χ1n) is 15.0. The number of anilines is 1. The Kier molecular flexibility index (Phi) is 6.45. The lowest BCUT2D eigenvalue weighted by atomic mass is 9.78. The Labute approximate surface area is 235 Å². The van der Waals surface area contributed by atoms with Crippen LogP contribution in [0.1, 0.15) is 73.6 Å². The summed E-state index contributed by atoms with van der Waals surface area (Å²) in [6.45, 7) is 9.90. The zero-order chi connectivity index (χ0) is 27.4. The fourth-order valence-corrected chi connectivity index (χ4v) is 7.14. The number of hydrogen-bond donors (Lipinski definition) is 0. The summed E-state index contributed by atoms with van der Waals surface area (Å²) in [7, 11) is 0. The number of ether oxygens (including phenoxy) is 2. The second kappa shape index (κ2) is 10.0. The van der Waals surface area contributed by atoms with E-state index in [2.05, 4.69) is 49.1 Å². The van der Waals surface area contributed by atoms with Crippen LogP contribution in [0.3, 0.4) is 0 Å². The molecule has 4 heterocycles. The number of morpholine rings is 1. The van der Waals surface area contributed by atoms with Crippen LogP contribution in [-0.4, -0.2) is 74.9 Å². The van der Waals surface area contributed by atoms with E-state index in [0.29, 0.717) is 30.0 Å². The molecule has 1 amide bonds. The van der Waals surface area contributed by atoms with E-state index < -0.39 is 0 Å². The molecule has 4 aliphatic rings.